The Kier molecular flexibility index (Phi) is 5.16. The number of amides is 2. The molecule has 1 fully saturated rings. The highest BCUT2D eigenvalue weighted by Crippen LogP contribution is 2.36. The number of methoxy groups -OCH3 is 2. The maximum atomic E-state index is 12.8. The zero-order valence-corrected chi connectivity index (χ0v) is 16.3. The van der Waals surface area contributed by atoms with Crippen molar-refractivity contribution in [2.75, 3.05) is 44.2 Å². The van der Waals surface area contributed by atoms with Crippen LogP contribution in [-0.4, -0.2) is 45.8 Å². The normalized spacial score (nSPS) is 17.8. The summed E-state index contributed by atoms with van der Waals surface area (Å²) >= 11 is 0. The molecule has 0 saturated carbocycles. The molecule has 2 aliphatic heterocycles. The summed E-state index contributed by atoms with van der Waals surface area (Å²) in [6.07, 6.45) is 0.140. The molecule has 29 heavy (non-hydrogen) atoms. The Morgan fingerprint density at radius 1 is 1.03 bits per heavy atom. The number of carbonyl (C=O) groups excluding carboxylic acids is 2. The van der Waals surface area contributed by atoms with Crippen LogP contribution >= 0.6 is 0 Å². The first kappa shape index (κ1) is 18.9. The molecule has 2 heterocycles. The van der Waals surface area contributed by atoms with Crippen LogP contribution in [-0.2, 0) is 9.59 Å². The Balaban J connectivity index is 1.47. The molecule has 0 spiro atoms. The number of anilines is 2. The number of nitrogens with zero attached hydrogens (tertiary/aromatic N) is 1. The quantitative estimate of drug-likeness (QED) is 0.833. The van der Waals surface area contributed by atoms with Gasteiger partial charge >= 0.3 is 0 Å². The van der Waals surface area contributed by atoms with Gasteiger partial charge in [-0.2, -0.15) is 0 Å². The van der Waals surface area contributed by atoms with E-state index < -0.39 is 5.92 Å². The molecule has 2 amide bonds. The Morgan fingerprint density at radius 2 is 1.72 bits per heavy atom. The first-order valence-corrected chi connectivity index (χ1v) is 9.31. The molecule has 2 aromatic carbocycles. The van der Waals surface area contributed by atoms with Crippen molar-refractivity contribution in [2.45, 2.75) is 6.42 Å². The third kappa shape index (κ3) is 3.91. The van der Waals surface area contributed by atoms with Crippen molar-refractivity contribution in [2.24, 2.45) is 5.92 Å². The summed E-state index contributed by atoms with van der Waals surface area (Å²) in [6.45, 7) is 1.27. The largest absolute Gasteiger partial charge is 0.497 e. The lowest BCUT2D eigenvalue weighted by Gasteiger charge is -2.22. The lowest BCUT2D eigenvalue weighted by Crippen LogP contribution is -2.28. The average Bonchev–Trinajstić information content (AvgIpc) is 3.14. The molecule has 1 unspecified atom stereocenters. The van der Waals surface area contributed by atoms with E-state index in [0.29, 0.717) is 54.1 Å². The van der Waals surface area contributed by atoms with E-state index in [1.54, 1.807) is 55.5 Å². The standard InChI is InChI=1S/C21H22N2O6/c1-26-16-8-14(9-17(11-16)27-2)22-21(25)13-7-20(24)23(12-13)15-3-4-18-19(10-15)29-6-5-28-18/h3-4,8-11,13H,5-7,12H2,1-2H3,(H,22,25). The Morgan fingerprint density at radius 3 is 2.41 bits per heavy atom. The second kappa shape index (κ2) is 7.90. The fraction of sp³-hybridized carbons (Fsp3) is 0.333. The van der Waals surface area contributed by atoms with Crippen LogP contribution in [0.1, 0.15) is 6.42 Å². The van der Waals surface area contributed by atoms with E-state index in [1.807, 2.05) is 0 Å². The van der Waals surface area contributed by atoms with Gasteiger partial charge in [0.05, 0.1) is 20.1 Å². The zero-order valence-electron chi connectivity index (χ0n) is 16.3. The van der Waals surface area contributed by atoms with E-state index in [4.69, 9.17) is 18.9 Å². The van der Waals surface area contributed by atoms with Gasteiger partial charge in [0.1, 0.15) is 24.7 Å². The van der Waals surface area contributed by atoms with Crippen LogP contribution in [0.25, 0.3) is 0 Å². The third-order valence-electron chi connectivity index (χ3n) is 4.95. The highest BCUT2D eigenvalue weighted by Gasteiger charge is 2.35. The summed E-state index contributed by atoms with van der Waals surface area (Å²) in [5.41, 5.74) is 1.24. The summed E-state index contributed by atoms with van der Waals surface area (Å²) in [5.74, 6) is 1.61. The van der Waals surface area contributed by atoms with Gasteiger partial charge < -0.3 is 29.2 Å². The molecule has 0 bridgehead atoms. The molecule has 4 rings (SSSR count). The van der Waals surface area contributed by atoms with Gasteiger partial charge in [0.25, 0.3) is 0 Å². The molecule has 152 valence electrons. The Hall–Kier alpha value is -3.42. The highest BCUT2D eigenvalue weighted by molar-refractivity contribution is 6.03. The molecule has 2 aliphatic rings. The summed E-state index contributed by atoms with van der Waals surface area (Å²) in [4.78, 5) is 26.9. The molecule has 2 aromatic rings. The number of fused-ring (bicyclic) bond motifs is 1. The minimum absolute atomic E-state index is 0.106. The van der Waals surface area contributed by atoms with Gasteiger partial charge in [-0.15, -0.1) is 0 Å². The fourth-order valence-electron chi connectivity index (χ4n) is 3.46. The molecular weight excluding hydrogens is 376 g/mol. The lowest BCUT2D eigenvalue weighted by molar-refractivity contribution is -0.122. The number of benzene rings is 2. The number of carbonyl (C=O) groups is 2. The topological polar surface area (TPSA) is 86.3 Å². The number of hydrogen-bond acceptors (Lipinski definition) is 6. The van der Waals surface area contributed by atoms with Crippen molar-refractivity contribution < 1.29 is 28.5 Å². The van der Waals surface area contributed by atoms with Crippen molar-refractivity contribution in [1.29, 1.82) is 0 Å². The summed E-state index contributed by atoms with van der Waals surface area (Å²) in [7, 11) is 3.09. The van der Waals surface area contributed by atoms with E-state index in [-0.39, 0.29) is 18.2 Å². The van der Waals surface area contributed by atoms with E-state index in [1.165, 1.54) is 0 Å². The second-order valence-corrected chi connectivity index (χ2v) is 6.82. The second-order valence-electron chi connectivity index (χ2n) is 6.82. The van der Waals surface area contributed by atoms with Gasteiger partial charge in [0.2, 0.25) is 11.8 Å². The van der Waals surface area contributed by atoms with Crippen molar-refractivity contribution >= 4 is 23.2 Å². The Labute approximate surface area is 168 Å². The first-order valence-electron chi connectivity index (χ1n) is 9.31. The molecule has 8 heteroatoms. The maximum absolute atomic E-state index is 12.8. The van der Waals surface area contributed by atoms with Crippen molar-refractivity contribution in [3.05, 3.63) is 36.4 Å². The minimum Gasteiger partial charge on any atom is -0.497 e. The van der Waals surface area contributed by atoms with Crippen molar-refractivity contribution in [1.82, 2.24) is 0 Å². The summed E-state index contributed by atoms with van der Waals surface area (Å²) in [5, 5.41) is 2.85. The van der Waals surface area contributed by atoms with E-state index in [0.717, 1.165) is 0 Å². The molecule has 0 radical (unpaired) electrons. The SMILES string of the molecule is COc1cc(NC(=O)C2CC(=O)N(c3ccc4c(c3)OCCO4)C2)cc(OC)c1. The van der Waals surface area contributed by atoms with Crippen LogP contribution in [0.3, 0.4) is 0 Å². The van der Waals surface area contributed by atoms with Crippen LogP contribution in [0.2, 0.25) is 0 Å². The van der Waals surface area contributed by atoms with Crippen LogP contribution in [0.5, 0.6) is 23.0 Å². The monoisotopic (exact) mass is 398 g/mol. The predicted molar refractivity (Wildman–Crippen MR) is 106 cm³/mol. The number of ether oxygens (including phenoxy) is 4. The lowest BCUT2D eigenvalue weighted by atomic mass is 10.1. The molecule has 0 aromatic heterocycles. The number of nitrogens with one attached hydrogen (secondary N) is 1. The smallest absolute Gasteiger partial charge is 0.229 e. The molecule has 1 saturated heterocycles. The van der Waals surface area contributed by atoms with Gasteiger partial charge in [0, 0.05) is 48.6 Å². The molecule has 1 N–H and O–H groups in total. The van der Waals surface area contributed by atoms with Crippen LogP contribution in [0.4, 0.5) is 11.4 Å². The highest BCUT2D eigenvalue weighted by atomic mass is 16.6. The van der Waals surface area contributed by atoms with Crippen LogP contribution < -0.4 is 29.2 Å². The van der Waals surface area contributed by atoms with Crippen LogP contribution in [0, 0.1) is 5.92 Å². The summed E-state index contributed by atoms with van der Waals surface area (Å²) < 4.78 is 21.6. The zero-order chi connectivity index (χ0) is 20.4. The van der Waals surface area contributed by atoms with E-state index in [2.05, 4.69) is 5.32 Å². The van der Waals surface area contributed by atoms with Gasteiger partial charge in [-0.3, -0.25) is 9.59 Å². The van der Waals surface area contributed by atoms with Crippen LogP contribution in [0.15, 0.2) is 36.4 Å². The van der Waals surface area contributed by atoms with E-state index >= 15 is 0 Å². The van der Waals surface area contributed by atoms with Gasteiger partial charge in [-0.05, 0) is 12.1 Å². The number of rotatable bonds is 5. The van der Waals surface area contributed by atoms with Gasteiger partial charge in [0.15, 0.2) is 11.5 Å². The van der Waals surface area contributed by atoms with E-state index in [9.17, 15) is 9.59 Å². The number of hydrogen-bond donors (Lipinski definition) is 1. The predicted octanol–water partition coefficient (Wildman–Crippen LogP) is 2.47. The minimum atomic E-state index is -0.465. The molecule has 1 atom stereocenters. The first-order chi connectivity index (χ1) is 14.1. The Bertz CT molecular complexity index is 923. The molecule has 8 nitrogen and oxygen atoms in total. The molecule has 0 aliphatic carbocycles. The molecular formula is C21H22N2O6. The average molecular weight is 398 g/mol. The van der Waals surface area contributed by atoms with Gasteiger partial charge in [-0.1, -0.05) is 0 Å². The fourth-order valence-corrected chi connectivity index (χ4v) is 3.46. The maximum Gasteiger partial charge on any atom is 0.229 e. The summed E-state index contributed by atoms with van der Waals surface area (Å²) in [6, 6.07) is 10.5. The third-order valence-corrected chi connectivity index (χ3v) is 4.95. The van der Waals surface area contributed by atoms with Crippen molar-refractivity contribution in [3.63, 3.8) is 0 Å². The van der Waals surface area contributed by atoms with Gasteiger partial charge in [-0.25, -0.2) is 0 Å². The van der Waals surface area contributed by atoms with Crippen molar-refractivity contribution in [3.8, 4) is 23.0 Å².